The summed E-state index contributed by atoms with van der Waals surface area (Å²) < 4.78 is 0. The maximum absolute atomic E-state index is 11.5. The summed E-state index contributed by atoms with van der Waals surface area (Å²) >= 11 is 0. The van der Waals surface area contributed by atoms with Crippen molar-refractivity contribution >= 4 is 11.6 Å². The monoisotopic (exact) mass is 284 g/mol. The van der Waals surface area contributed by atoms with Crippen molar-refractivity contribution in [2.75, 3.05) is 11.9 Å². The molecule has 112 valence electrons. The molecule has 1 heterocycles. The second-order valence-electron chi connectivity index (χ2n) is 7.02. The van der Waals surface area contributed by atoms with E-state index in [9.17, 15) is 4.79 Å². The lowest BCUT2D eigenvalue weighted by Gasteiger charge is -2.31. The van der Waals surface area contributed by atoms with Gasteiger partial charge in [0, 0.05) is 11.7 Å². The van der Waals surface area contributed by atoms with E-state index in [0.29, 0.717) is 12.5 Å². The lowest BCUT2D eigenvalue weighted by Crippen LogP contribution is -2.31. The topological polar surface area (TPSA) is 41.1 Å². The van der Waals surface area contributed by atoms with Crippen LogP contribution in [0.3, 0.4) is 0 Å². The summed E-state index contributed by atoms with van der Waals surface area (Å²) in [6.45, 7) is 3.20. The smallest absolute Gasteiger partial charge is 0.228 e. The van der Waals surface area contributed by atoms with E-state index in [1.165, 1.54) is 36.8 Å². The minimum atomic E-state index is 0.127. The molecular formula is C18H24N2O. The predicted octanol–water partition coefficient (Wildman–Crippen LogP) is 3.27. The van der Waals surface area contributed by atoms with Crippen molar-refractivity contribution in [3.8, 4) is 0 Å². The van der Waals surface area contributed by atoms with Crippen LogP contribution in [0.4, 0.5) is 5.69 Å². The van der Waals surface area contributed by atoms with E-state index < -0.39 is 0 Å². The summed E-state index contributed by atoms with van der Waals surface area (Å²) in [5.41, 5.74) is 3.56. The highest BCUT2D eigenvalue weighted by Crippen LogP contribution is 2.52. The maximum atomic E-state index is 11.5. The fraction of sp³-hybridized carbons (Fsp3) is 0.611. The second kappa shape index (κ2) is 5.13. The first-order valence-corrected chi connectivity index (χ1v) is 8.40. The standard InChI is InChI=1S/C18H24N2O/c1-2-19-18(15-8-11-3-4-12(15)7-11)13-5-6-16-14(9-13)10-17(21)20-16/h5-6,9,11-12,15,18-19H,2-4,7-8,10H2,1H3,(H,20,21). The number of rotatable bonds is 4. The Morgan fingerprint density at radius 2 is 2.24 bits per heavy atom. The molecule has 4 rings (SSSR count). The fourth-order valence-electron chi connectivity index (χ4n) is 4.88. The Hall–Kier alpha value is -1.35. The molecule has 21 heavy (non-hydrogen) atoms. The Morgan fingerprint density at radius 1 is 1.33 bits per heavy atom. The van der Waals surface area contributed by atoms with Crippen LogP contribution < -0.4 is 10.6 Å². The molecule has 4 unspecified atom stereocenters. The number of anilines is 1. The molecule has 1 amide bonds. The molecule has 2 bridgehead atoms. The lowest BCUT2D eigenvalue weighted by atomic mass is 9.80. The van der Waals surface area contributed by atoms with Crippen LogP contribution in [-0.2, 0) is 11.2 Å². The third-order valence-corrected chi connectivity index (χ3v) is 5.76. The SMILES string of the molecule is CCNC(c1ccc2c(c1)CC(=O)N2)C1CC2CCC1C2. The zero-order valence-corrected chi connectivity index (χ0v) is 12.7. The molecule has 0 radical (unpaired) electrons. The van der Waals surface area contributed by atoms with Gasteiger partial charge in [-0.1, -0.05) is 25.5 Å². The molecular weight excluding hydrogens is 260 g/mol. The summed E-state index contributed by atoms with van der Waals surface area (Å²) in [4.78, 5) is 11.5. The average molecular weight is 284 g/mol. The van der Waals surface area contributed by atoms with Gasteiger partial charge in [-0.2, -0.15) is 0 Å². The van der Waals surface area contributed by atoms with E-state index in [1.807, 2.05) is 0 Å². The molecule has 2 aliphatic carbocycles. The van der Waals surface area contributed by atoms with E-state index in [0.717, 1.165) is 30.0 Å². The molecule has 1 aliphatic heterocycles. The summed E-state index contributed by atoms with van der Waals surface area (Å²) in [5.74, 6) is 2.79. The zero-order valence-electron chi connectivity index (χ0n) is 12.7. The van der Waals surface area contributed by atoms with E-state index in [1.54, 1.807) is 0 Å². The molecule has 3 nitrogen and oxygen atoms in total. The maximum Gasteiger partial charge on any atom is 0.228 e. The van der Waals surface area contributed by atoms with Gasteiger partial charge in [0.25, 0.3) is 0 Å². The Kier molecular flexibility index (Phi) is 3.26. The van der Waals surface area contributed by atoms with Crippen LogP contribution in [0.15, 0.2) is 18.2 Å². The van der Waals surface area contributed by atoms with Gasteiger partial charge in [-0.3, -0.25) is 4.79 Å². The number of amides is 1. The van der Waals surface area contributed by atoms with Crippen LogP contribution in [0.1, 0.15) is 49.8 Å². The molecule has 2 fully saturated rings. The Labute approximate surface area is 126 Å². The summed E-state index contributed by atoms with van der Waals surface area (Å²) in [7, 11) is 0. The second-order valence-corrected chi connectivity index (χ2v) is 7.02. The average Bonchev–Trinajstić information content (AvgIpc) is 3.17. The highest BCUT2D eigenvalue weighted by Gasteiger charge is 2.43. The van der Waals surface area contributed by atoms with Crippen LogP contribution in [0.25, 0.3) is 0 Å². The van der Waals surface area contributed by atoms with Crippen molar-refractivity contribution in [3.05, 3.63) is 29.3 Å². The van der Waals surface area contributed by atoms with Gasteiger partial charge in [0.15, 0.2) is 0 Å². The third-order valence-electron chi connectivity index (χ3n) is 5.76. The van der Waals surface area contributed by atoms with Crippen LogP contribution in [-0.4, -0.2) is 12.5 Å². The van der Waals surface area contributed by atoms with Crippen LogP contribution in [0, 0.1) is 17.8 Å². The normalized spacial score (nSPS) is 31.3. The van der Waals surface area contributed by atoms with Crippen molar-refractivity contribution in [3.63, 3.8) is 0 Å². The van der Waals surface area contributed by atoms with Crippen LogP contribution >= 0.6 is 0 Å². The van der Waals surface area contributed by atoms with Gasteiger partial charge in [-0.15, -0.1) is 0 Å². The van der Waals surface area contributed by atoms with E-state index in [4.69, 9.17) is 0 Å². The van der Waals surface area contributed by atoms with Gasteiger partial charge >= 0.3 is 0 Å². The number of carbonyl (C=O) groups is 1. The Balaban J connectivity index is 1.62. The molecule has 0 saturated heterocycles. The third kappa shape index (κ3) is 2.28. The molecule has 2 N–H and O–H groups in total. The molecule has 4 atom stereocenters. The summed E-state index contributed by atoms with van der Waals surface area (Å²) in [6, 6.07) is 7.02. The lowest BCUT2D eigenvalue weighted by molar-refractivity contribution is -0.115. The van der Waals surface area contributed by atoms with Crippen molar-refractivity contribution in [1.82, 2.24) is 5.32 Å². The number of fused-ring (bicyclic) bond motifs is 3. The molecule has 1 aromatic carbocycles. The van der Waals surface area contributed by atoms with Gasteiger partial charge in [0.1, 0.15) is 0 Å². The highest BCUT2D eigenvalue weighted by atomic mass is 16.1. The molecule has 0 aromatic heterocycles. The minimum Gasteiger partial charge on any atom is -0.326 e. The number of hydrogen-bond acceptors (Lipinski definition) is 2. The van der Waals surface area contributed by atoms with Crippen molar-refractivity contribution in [2.45, 2.75) is 45.1 Å². The van der Waals surface area contributed by atoms with Gasteiger partial charge < -0.3 is 10.6 Å². The summed E-state index contributed by atoms with van der Waals surface area (Å²) in [6.07, 6.45) is 6.23. The molecule has 3 aliphatic rings. The zero-order chi connectivity index (χ0) is 14.4. The van der Waals surface area contributed by atoms with Crippen molar-refractivity contribution in [2.24, 2.45) is 17.8 Å². The molecule has 3 heteroatoms. The number of hydrogen-bond donors (Lipinski definition) is 2. The first-order chi connectivity index (χ1) is 10.2. The number of nitrogens with one attached hydrogen (secondary N) is 2. The molecule has 2 saturated carbocycles. The van der Waals surface area contributed by atoms with Gasteiger partial charge in [-0.05, 0) is 60.8 Å². The van der Waals surface area contributed by atoms with E-state index >= 15 is 0 Å². The highest BCUT2D eigenvalue weighted by molar-refractivity contribution is 5.99. The summed E-state index contributed by atoms with van der Waals surface area (Å²) in [5, 5.41) is 6.66. The fourth-order valence-corrected chi connectivity index (χ4v) is 4.88. The van der Waals surface area contributed by atoms with E-state index in [2.05, 4.69) is 35.8 Å². The van der Waals surface area contributed by atoms with Gasteiger partial charge in [0.2, 0.25) is 5.91 Å². The molecule has 1 aromatic rings. The molecule has 0 spiro atoms. The van der Waals surface area contributed by atoms with Gasteiger partial charge in [-0.25, -0.2) is 0 Å². The predicted molar refractivity (Wildman–Crippen MR) is 84.1 cm³/mol. The Bertz CT molecular complexity index is 568. The van der Waals surface area contributed by atoms with Gasteiger partial charge in [0.05, 0.1) is 6.42 Å². The van der Waals surface area contributed by atoms with Crippen LogP contribution in [0.5, 0.6) is 0 Å². The number of benzene rings is 1. The van der Waals surface area contributed by atoms with Crippen LogP contribution in [0.2, 0.25) is 0 Å². The number of carbonyl (C=O) groups excluding carboxylic acids is 1. The quantitative estimate of drug-likeness (QED) is 0.891. The Morgan fingerprint density at radius 3 is 2.95 bits per heavy atom. The van der Waals surface area contributed by atoms with Crippen molar-refractivity contribution in [1.29, 1.82) is 0 Å². The first-order valence-electron chi connectivity index (χ1n) is 8.40. The van der Waals surface area contributed by atoms with E-state index in [-0.39, 0.29) is 5.91 Å². The van der Waals surface area contributed by atoms with Crippen molar-refractivity contribution < 1.29 is 4.79 Å². The largest absolute Gasteiger partial charge is 0.326 e. The minimum absolute atomic E-state index is 0.127. The first kappa shape index (κ1) is 13.3.